The van der Waals surface area contributed by atoms with Crippen LogP contribution in [0.4, 0.5) is 0 Å². The van der Waals surface area contributed by atoms with Gasteiger partial charge >= 0.3 is 5.97 Å². The summed E-state index contributed by atoms with van der Waals surface area (Å²) in [7, 11) is 0. The first-order chi connectivity index (χ1) is 19.8. The molecule has 220 valence electrons. The summed E-state index contributed by atoms with van der Waals surface area (Å²) in [5, 5.41) is 0. The van der Waals surface area contributed by atoms with Crippen LogP contribution in [0.25, 0.3) is 0 Å². The molecule has 1 heterocycles. The van der Waals surface area contributed by atoms with E-state index in [2.05, 4.69) is 6.92 Å². The zero-order valence-corrected chi connectivity index (χ0v) is 25.3. The van der Waals surface area contributed by atoms with Crippen LogP contribution in [-0.4, -0.2) is 48.2 Å². The molecule has 0 bridgehead atoms. The number of hydrogen-bond acceptors (Lipinski definition) is 7. The van der Waals surface area contributed by atoms with Crippen molar-refractivity contribution in [3.63, 3.8) is 0 Å². The number of benzene rings is 3. The number of thioether (sulfide) groups is 1. The molecule has 0 aliphatic carbocycles. The van der Waals surface area contributed by atoms with E-state index in [4.69, 9.17) is 23.7 Å². The Bertz CT molecular complexity index is 1170. The second-order valence-corrected chi connectivity index (χ2v) is 12.5. The van der Waals surface area contributed by atoms with Gasteiger partial charge in [0.1, 0.15) is 23.7 Å². The molecule has 1 aliphatic rings. The first-order valence-electron chi connectivity index (χ1n) is 14.3. The van der Waals surface area contributed by atoms with Crippen molar-refractivity contribution in [1.82, 2.24) is 0 Å². The van der Waals surface area contributed by atoms with Gasteiger partial charge in [-0.3, -0.25) is 4.79 Å². The standard InChI is InChI=1S/C34H42O6S/c1-5-41-32-31(38-23-27-19-13-8-14-20-27)30(37-22-26-17-11-7-12-18-26)29(40-33(35)34(2,3)4)28(39-32)24-36-21-25-15-9-6-10-16-25/h6-20,28-32H,5,21-24H2,1-4H3/t28-,29+,30+,31-,32+/m1/s1. The summed E-state index contributed by atoms with van der Waals surface area (Å²) in [6.45, 7) is 9.03. The summed E-state index contributed by atoms with van der Waals surface area (Å²) in [6, 6.07) is 30.0. The number of esters is 1. The van der Waals surface area contributed by atoms with E-state index in [1.165, 1.54) is 0 Å². The van der Waals surface area contributed by atoms with E-state index in [9.17, 15) is 4.79 Å². The lowest BCUT2D eigenvalue weighted by Crippen LogP contribution is -2.61. The van der Waals surface area contributed by atoms with Crippen LogP contribution in [0.2, 0.25) is 0 Å². The molecule has 1 saturated heterocycles. The molecule has 0 saturated carbocycles. The van der Waals surface area contributed by atoms with Gasteiger partial charge in [-0.1, -0.05) is 97.9 Å². The number of hydrogen-bond donors (Lipinski definition) is 0. The molecule has 7 heteroatoms. The van der Waals surface area contributed by atoms with Crippen LogP contribution in [0.1, 0.15) is 44.4 Å². The second-order valence-electron chi connectivity index (χ2n) is 11.1. The first kappa shape index (κ1) is 31.3. The second kappa shape index (κ2) is 15.5. The van der Waals surface area contributed by atoms with Crippen molar-refractivity contribution in [3.8, 4) is 0 Å². The van der Waals surface area contributed by atoms with E-state index in [0.29, 0.717) is 19.8 Å². The number of carbonyl (C=O) groups is 1. The number of carbonyl (C=O) groups excluding carboxylic acids is 1. The maximum Gasteiger partial charge on any atom is 0.311 e. The zero-order chi connectivity index (χ0) is 29.1. The summed E-state index contributed by atoms with van der Waals surface area (Å²) < 4.78 is 32.2. The van der Waals surface area contributed by atoms with Crippen molar-refractivity contribution in [3.05, 3.63) is 108 Å². The van der Waals surface area contributed by atoms with Gasteiger partial charge in [-0.2, -0.15) is 0 Å². The largest absolute Gasteiger partial charge is 0.456 e. The molecule has 41 heavy (non-hydrogen) atoms. The summed E-state index contributed by atoms with van der Waals surface area (Å²) in [4.78, 5) is 13.3. The molecule has 3 aromatic carbocycles. The van der Waals surface area contributed by atoms with Gasteiger partial charge in [0.25, 0.3) is 0 Å². The van der Waals surface area contributed by atoms with Gasteiger partial charge in [0, 0.05) is 0 Å². The van der Waals surface area contributed by atoms with E-state index in [-0.39, 0.29) is 18.0 Å². The van der Waals surface area contributed by atoms with Crippen molar-refractivity contribution in [2.24, 2.45) is 5.41 Å². The average molecular weight is 579 g/mol. The molecule has 0 amide bonds. The molecule has 0 radical (unpaired) electrons. The Balaban J connectivity index is 1.62. The predicted molar refractivity (Wildman–Crippen MR) is 162 cm³/mol. The lowest BCUT2D eigenvalue weighted by atomic mass is 9.95. The smallest absolute Gasteiger partial charge is 0.311 e. The van der Waals surface area contributed by atoms with Crippen LogP contribution in [0.15, 0.2) is 91.0 Å². The minimum absolute atomic E-state index is 0.244. The monoisotopic (exact) mass is 578 g/mol. The summed E-state index contributed by atoms with van der Waals surface area (Å²) >= 11 is 1.66. The Morgan fingerprint density at radius 3 is 1.71 bits per heavy atom. The molecule has 0 aromatic heterocycles. The Kier molecular flexibility index (Phi) is 11.8. The summed E-state index contributed by atoms with van der Waals surface area (Å²) in [5.74, 6) is 0.501. The lowest BCUT2D eigenvalue weighted by molar-refractivity contribution is -0.251. The van der Waals surface area contributed by atoms with Crippen LogP contribution < -0.4 is 0 Å². The molecule has 0 spiro atoms. The fourth-order valence-corrected chi connectivity index (χ4v) is 5.49. The molecule has 1 aliphatic heterocycles. The Morgan fingerprint density at radius 1 is 0.732 bits per heavy atom. The minimum atomic E-state index is -0.726. The van der Waals surface area contributed by atoms with Crippen molar-refractivity contribution >= 4 is 17.7 Å². The maximum absolute atomic E-state index is 13.3. The Morgan fingerprint density at radius 2 is 1.22 bits per heavy atom. The SMILES string of the molecule is CCS[C@@H]1O[C@H](COCc2ccccc2)[C@H](OC(=O)C(C)(C)C)[C@H](OCc2ccccc2)[C@H]1OCc1ccccc1. The van der Waals surface area contributed by atoms with Crippen molar-refractivity contribution in [2.45, 2.75) is 77.4 Å². The van der Waals surface area contributed by atoms with Crippen molar-refractivity contribution in [2.75, 3.05) is 12.4 Å². The van der Waals surface area contributed by atoms with Gasteiger partial charge in [-0.05, 0) is 43.2 Å². The van der Waals surface area contributed by atoms with Crippen molar-refractivity contribution < 1.29 is 28.5 Å². The van der Waals surface area contributed by atoms with Gasteiger partial charge in [-0.15, -0.1) is 11.8 Å². The molecule has 0 N–H and O–H groups in total. The highest BCUT2D eigenvalue weighted by molar-refractivity contribution is 7.99. The van der Waals surface area contributed by atoms with Gasteiger partial charge in [-0.25, -0.2) is 0 Å². The van der Waals surface area contributed by atoms with Gasteiger partial charge < -0.3 is 23.7 Å². The van der Waals surface area contributed by atoms with E-state index in [1.807, 2.05) is 112 Å². The first-order valence-corrected chi connectivity index (χ1v) is 15.3. The minimum Gasteiger partial charge on any atom is -0.456 e. The average Bonchev–Trinajstić information content (AvgIpc) is 2.98. The Labute approximate surface area is 248 Å². The zero-order valence-electron chi connectivity index (χ0n) is 24.4. The van der Waals surface area contributed by atoms with Crippen LogP contribution in [0, 0.1) is 5.41 Å². The third-order valence-electron chi connectivity index (χ3n) is 6.74. The van der Waals surface area contributed by atoms with Crippen LogP contribution in [0.3, 0.4) is 0 Å². The molecule has 1 fully saturated rings. The highest BCUT2D eigenvalue weighted by Crippen LogP contribution is 2.36. The van der Waals surface area contributed by atoms with E-state index in [0.717, 1.165) is 22.4 Å². The normalized spacial score (nSPS) is 22.8. The highest BCUT2D eigenvalue weighted by Gasteiger charge is 2.50. The fourth-order valence-electron chi connectivity index (χ4n) is 4.52. The van der Waals surface area contributed by atoms with Gasteiger partial charge in [0.15, 0.2) is 6.10 Å². The third kappa shape index (κ3) is 9.42. The van der Waals surface area contributed by atoms with Crippen LogP contribution >= 0.6 is 11.8 Å². The topological polar surface area (TPSA) is 63.2 Å². The summed E-state index contributed by atoms with van der Waals surface area (Å²) in [5.41, 5.74) is 2.10. The van der Waals surface area contributed by atoms with E-state index >= 15 is 0 Å². The fraction of sp³-hybridized carbons (Fsp3) is 0.441. The molecule has 3 aromatic rings. The molecule has 0 unspecified atom stereocenters. The number of rotatable bonds is 13. The molecular weight excluding hydrogens is 536 g/mol. The molecule has 5 atom stereocenters. The van der Waals surface area contributed by atoms with Crippen molar-refractivity contribution in [1.29, 1.82) is 0 Å². The van der Waals surface area contributed by atoms with Crippen LogP contribution in [0.5, 0.6) is 0 Å². The van der Waals surface area contributed by atoms with E-state index < -0.39 is 29.8 Å². The predicted octanol–water partition coefficient (Wildman–Crippen LogP) is 6.81. The van der Waals surface area contributed by atoms with Gasteiger partial charge in [0.2, 0.25) is 0 Å². The highest BCUT2D eigenvalue weighted by atomic mass is 32.2. The lowest BCUT2D eigenvalue weighted by Gasteiger charge is -2.46. The van der Waals surface area contributed by atoms with Crippen LogP contribution in [-0.2, 0) is 48.3 Å². The maximum atomic E-state index is 13.3. The number of ether oxygens (including phenoxy) is 5. The third-order valence-corrected chi connectivity index (χ3v) is 7.78. The molecule has 4 rings (SSSR count). The van der Waals surface area contributed by atoms with E-state index in [1.54, 1.807) is 11.8 Å². The van der Waals surface area contributed by atoms with Gasteiger partial charge in [0.05, 0.1) is 31.8 Å². The Hall–Kier alpha value is -2.68. The molecule has 6 nitrogen and oxygen atoms in total. The summed E-state index contributed by atoms with van der Waals surface area (Å²) in [6.07, 6.45) is -2.32. The molecular formula is C34H42O6S. The quantitative estimate of drug-likeness (QED) is 0.207.